The van der Waals surface area contributed by atoms with Gasteiger partial charge in [0, 0.05) is 19.3 Å². The van der Waals surface area contributed by atoms with Crippen LogP contribution in [0, 0.1) is 0 Å². The molecule has 2 heterocycles. The molecule has 0 saturated heterocycles. The maximum absolute atomic E-state index is 12.4. The van der Waals surface area contributed by atoms with Crippen molar-refractivity contribution in [3.8, 4) is 0 Å². The first-order valence-electron chi connectivity index (χ1n) is 6.19. The zero-order valence-electron chi connectivity index (χ0n) is 10.5. The molecule has 0 bridgehead atoms. The second-order valence-corrected chi connectivity index (χ2v) is 4.12. The SMILES string of the molecule is CCN(CCCN)C(=O)c1cnn2ccccc12. The molecule has 0 spiro atoms. The Labute approximate surface area is 106 Å². The van der Waals surface area contributed by atoms with Gasteiger partial charge in [-0.1, -0.05) is 6.07 Å². The van der Waals surface area contributed by atoms with Crippen molar-refractivity contribution in [1.82, 2.24) is 14.5 Å². The Kier molecular flexibility index (Phi) is 3.94. The van der Waals surface area contributed by atoms with Gasteiger partial charge >= 0.3 is 0 Å². The molecule has 0 aliphatic carbocycles. The molecular formula is C13H18N4O. The zero-order chi connectivity index (χ0) is 13.0. The first-order valence-corrected chi connectivity index (χ1v) is 6.19. The molecule has 0 aromatic carbocycles. The van der Waals surface area contributed by atoms with Gasteiger partial charge in [-0.05, 0) is 32.0 Å². The third-order valence-electron chi connectivity index (χ3n) is 2.96. The number of fused-ring (bicyclic) bond motifs is 1. The Morgan fingerprint density at radius 1 is 1.50 bits per heavy atom. The van der Waals surface area contributed by atoms with Gasteiger partial charge in [-0.3, -0.25) is 4.79 Å². The van der Waals surface area contributed by atoms with E-state index in [0.29, 0.717) is 25.2 Å². The first-order chi connectivity index (χ1) is 8.77. The van der Waals surface area contributed by atoms with Gasteiger partial charge in [-0.2, -0.15) is 5.10 Å². The number of pyridine rings is 1. The monoisotopic (exact) mass is 246 g/mol. The number of carbonyl (C=O) groups is 1. The lowest BCUT2D eigenvalue weighted by molar-refractivity contribution is 0.0765. The topological polar surface area (TPSA) is 63.6 Å². The van der Waals surface area contributed by atoms with Gasteiger partial charge in [0.1, 0.15) is 0 Å². The maximum Gasteiger partial charge on any atom is 0.257 e. The molecule has 2 N–H and O–H groups in total. The molecule has 2 rings (SSSR count). The Balaban J connectivity index is 2.26. The van der Waals surface area contributed by atoms with Crippen LogP contribution in [0.5, 0.6) is 0 Å². The van der Waals surface area contributed by atoms with Crippen LogP contribution in [0.1, 0.15) is 23.7 Å². The number of nitrogens with zero attached hydrogens (tertiary/aromatic N) is 3. The summed E-state index contributed by atoms with van der Waals surface area (Å²) in [5.74, 6) is 0.0205. The highest BCUT2D eigenvalue weighted by Crippen LogP contribution is 2.12. The fourth-order valence-electron chi connectivity index (χ4n) is 1.96. The summed E-state index contributed by atoms with van der Waals surface area (Å²) in [5, 5.41) is 4.18. The van der Waals surface area contributed by atoms with E-state index in [1.807, 2.05) is 31.3 Å². The average Bonchev–Trinajstić information content (AvgIpc) is 2.83. The van der Waals surface area contributed by atoms with E-state index in [1.165, 1.54) is 0 Å². The van der Waals surface area contributed by atoms with E-state index in [0.717, 1.165) is 11.9 Å². The molecule has 96 valence electrons. The van der Waals surface area contributed by atoms with Crippen LogP contribution in [0.15, 0.2) is 30.6 Å². The molecule has 0 atom stereocenters. The summed E-state index contributed by atoms with van der Waals surface area (Å²) in [6.07, 6.45) is 4.28. The van der Waals surface area contributed by atoms with E-state index in [4.69, 9.17) is 5.73 Å². The van der Waals surface area contributed by atoms with Crippen molar-refractivity contribution in [3.63, 3.8) is 0 Å². The highest BCUT2D eigenvalue weighted by molar-refractivity contribution is 6.00. The molecule has 2 aromatic rings. The first kappa shape index (κ1) is 12.6. The number of rotatable bonds is 5. The van der Waals surface area contributed by atoms with E-state index >= 15 is 0 Å². The smallest absolute Gasteiger partial charge is 0.257 e. The maximum atomic E-state index is 12.4. The fourth-order valence-corrected chi connectivity index (χ4v) is 1.96. The molecular weight excluding hydrogens is 228 g/mol. The Bertz CT molecular complexity index is 535. The highest BCUT2D eigenvalue weighted by atomic mass is 16.2. The van der Waals surface area contributed by atoms with Gasteiger partial charge in [0.05, 0.1) is 17.3 Å². The molecule has 0 radical (unpaired) electrons. The van der Waals surface area contributed by atoms with Crippen molar-refractivity contribution in [3.05, 3.63) is 36.2 Å². The third kappa shape index (κ3) is 2.36. The summed E-state index contributed by atoms with van der Waals surface area (Å²) in [7, 11) is 0. The molecule has 18 heavy (non-hydrogen) atoms. The number of hydrogen-bond acceptors (Lipinski definition) is 3. The zero-order valence-corrected chi connectivity index (χ0v) is 10.5. The summed E-state index contributed by atoms with van der Waals surface area (Å²) in [6, 6.07) is 5.70. The Morgan fingerprint density at radius 3 is 3.06 bits per heavy atom. The minimum absolute atomic E-state index is 0.0205. The predicted octanol–water partition coefficient (Wildman–Crippen LogP) is 1.15. The van der Waals surface area contributed by atoms with E-state index in [2.05, 4.69) is 5.10 Å². The Morgan fingerprint density at radius 2 is 2.33 bits per heavy atom. The fraction of sp³-hybridized carbons (Fsp3) is 0.385. The van der Waals surface area contributed by atoms with Crippen LogP contribution in [0.3, 0.4) is 0 Å². The van der Waals surface area contributed by atoms with Gasteiger partial charge in [-0.15, -0.1) is 0 Å². The van der Waals surface area contributed by atoms with Crippen LogP contribution >= 0.6 is 0 Å². The molecule has 5 heteroatoms. The number of hydrogen-bond donors (Lipinski definition) is 1. The van der Waals surface area contributed by atoms with Crippen LogP contribution in [-0.2, 0) is 0 Å². The van der Waals surface area contributed by atoms with Crippen molar-refractivity contribution < 1.29 is 4.79 Å². The molecule has 0 fully saturated rings. The normalized spacial score (nSPS) is 10.8. The lowest BCUT2D eigenvalue weighted by atomic mass is 10.2. The largest absolute Gasteiger partial charge is 0.339 e. The summed E-state index contributed by atoms with van der Waals surface area (Å²) in [6.45, 7) is 3.94. The lowest BCUT2D eigenvalue weighted by Crippen LogP contribution is -2.32. The van der Waals surface area contributed by atoms with Gasteiger partial charge < -0.3 is 10.6 Å². The number of amides is 1. The molecule has 2 aromatic heterocycles. The lowest BCUT2D eigenvalue weighted by Gasteiger charge is -2.19. The van der Waals surface area contributed by atoms with Crippen LogP contribution in [-0.4, -0.2) is 40.1 Å². The van der Waals surface area contributed by atoms with Crippen molar-refractivity contribution in [2.75, 3.05) is 19.6 Å². The highest BCUT2D eigenvalue weighted by Gasteiger charge is 2.17. The van der Waals surface area contributed by atoms with E-state index in [1.54, 1.807) is 15.6 Å². The van der Waals surface area contributed by atoms with Crippen molar-refractivity contribution in [1.29, 1.82) is 0 Å². The summed E-state index contributed by atoms with van der Waals surface area (Å²) in [5.41, 5.74) is 6.98. The van der Waals surface area contributed by atoms with Crippen LogP contribution in [0.25, 0.3) is 5.52 Å². The second kappa shape index (κ2) is 5.64. The van der Waals surface area contributed by atoms with Gasteiger partial charge in [0.25, 0.3) is 5.91 Å². The number of carbonyl (C=O) groups excluding carboxylic acids is 1. The van der Waals surface area contributed by atoms with Gasteiger partial charge in [0.15, 0.2) is 0 Å². The van der Waals surface area contributed by atoms with Crippen molar-refractivity contribution >= 4 is 11.4 Å². The molecule has 1 amide bonds. The van der Waals surface area contributed by atoms with Crippen molar-refractivity contribution in [2.45, 2.75) is 13.3 Å². The van der Waals surface area contributed by atoms with E-state index < -0.39 is 0 Å². The average molecular weight is 246 g/mol. The standard InChI is InChI=1S/C13H18N4O/c1-2-16(8-5-7-14)13(18)11-10-15-17-9-4-3-6-12(11)17/h3-4,6,9-10H,2,5,7-8,14H2,1H3. The summed E-state index contributed by atoms with van der Waals surface area (Å²) >= 11 is 0. The molecule has 0 saturated carbocycles. The van der Waals surface area contributed by atoms with E-state index in [-0.39, 0.29) is 5.91 Å². The summed E-state index contributed by atoms with van der Waals surface area (Å²) < 4.78 is 1.71. The van der Waals surface area contributed by atoms with Gasteiger partial charge in [-0.25, -0.2) is 4.52 Å². The molecule has 0 unspecified atom stereocenters. The van der Waals surface area contributed by atoms with E-state index in [9.17, 15) is 4.79 Å². The molecule has 0 aliphatic heterocycles. The van der Waals surface area contributed by atoms with Crippen LogP contribution in [0.4, 0.5) is 0 Å². The third-order valence-corrected chi connectivity index (χ3v) is 2.96. The van der Waals surface area contributed by atoms with Crippen molar-refractivity contribution in [2.24, 2.45) is 5.73 Å². The quantitative estimate of drug-likeness (QED) is 0.860. The van der Waals surface area contributed by atoms with Crippen LogP contribution < -0.4 is 5.73 Å². The second-order valence-electron chi connectivity index (χ2n) is 4.12. The minimum atomic E-state index is 0.0205. The summed E-state index contributed by atoms with van der Waals surface area (Å²) in [4.78, 5) is 14.2. The molecule has 5 nitrogen and oxygen atoms in total. The minimum Gasteiger partial charge on any atom is -0.339 e. The number of aromatic nitrogens is 2. The Hall–Kier alpha value is -1.88. The number of nitrogens with two attached hydrogens (primary N) is 1. The predicted molar refractivity (Wildman–Crippen MR) is 70.4 cm³/mol. The molecule has 0 aliphatic rings. The van der Waals surface area contributed by atoms with Gasteiger partial charge in [0.2, 0.25) is 0 Å². The van der Waals surface area contributed by atoms with Crippen LogP contribution in [0.2, 0.25) is 0 Å².